The van der Waals surface area contributed by atoms with Crippen LogP contribution in [0.3, 0.4) is 0 Å². The molecule has 1 unspecified atom stereocenters. The Kier molecular flexibility index (Phi) is 3.58. The highest BCUT2D eigenvalue weighted by Crippen LogP contribution is 2.33. The fourth-order valence-electron chi connectivity index (χ4n) is 2.36. The summed E-state index contributed by atoms with van der Waals surface area (Å²) in [7, 11) is 0. The van der Waals surface area contributed by atoms with E-state index >= 15 is 0 Å². The summed E-state index contributed by atoms with van der Waals surface area (Å²) in [4.78, 5) is 13.1. The number of amides is 1. The molecular weight excluding hydrogens is 278 g/mol. The minimum Gasteiger partial charge on any atom is -0.352 e. The van der Waals surface area contributed by atoms with Crippen molar-refractivity contribution in [2.45, 2.75) is 18.2 Å². The van der Waals surface area contributed by atoms with Gasteiger partial charge in [-0.2, -0.15) is 0 Å². The van der Waals surface area contributed by atoms with Crippen LogP contribution < -0.4 is 5.32 Å². The Morgan fingerprint density at radius 3 is 3.00 bits per heavy atom. The number of nitrogens with one attached hydrogen (secondary N) is 1. The summed E-state index contributed by atoms with van der Waals surface area (Å²) in [6.07, 6.45) is 1.94. The van der Waals surface area contributed by atoms with Gasteiger partial charge in [0.15, 0.2) is 0 Å². The molecule has 0 fully saturated rings. The van der Waals surface area contributed by atoms with Crippen molar-refractivity contribution in [2.75, 3.05) is 6.54 Å². The third kappa shape index (κ3) is 2.53. The van der Waals surface area contributed by atoms with E-state index in [1.807, 2.05) is 35.7 Å². The lowest BCUT2D eigenvalue weighted by atomic mass is 9.99. The Labute approximate surface area is 121 Å². The molecule has 2 nitrogen and oxygen atoms in total. The molecule has 2 aromatic rings. The van der Waals surface area contributed by atoms with Gasteiger partial charge in [0.05, 0.1) is 5.38 Å². The van der Waals surface area contributed by atoms with E-state index in [0.717, 1.165) is 41.0 Å². The van der Waals surface area contributed by atoms with Gasteiger partial charge in [-0.3, -0.25) is 4.79 Å². The minimum atomic E-state index is -0.179. The second kappa shape index (κ2) is 5.35. The second-order valence-corrected chi connectivity index (χ2v) is 6.07. The Bertz CT molecular complexity index is 594. The monoisotopic (exact) mass is 291 g/mol. The highest BCUT2D eigenvalue weighted by atomic mass is 35.5. The maximum absolute atomic E-state index is 12.0. The number of hydrogen-bond donors (Lipinski definition) is 1. The van der Waals surface area contributed by atoms with Crippen molar-refractivity contribution in [3.8, 4) is 0 Å². The molecule has 2 heterocycles. The molecule has 19 heavy (non-hydrogen) atoms. The zero-order valence-corrected chi connectivity index (χ0v) is 11.9. The van der Waals surface area contributed by atoms with Crippen LogP contribution in [0.4, 0.5) is 0 Å². The first-order valence-electron chi connectivity index (χ1n) is 6.34. The molecular formula is C15H14ClNOS. The quantitative estimate of drug-likeness (QED) is 0.839. The van der Waals surface area contributed by atoms with Crippen LogP contribution in [0.15, 0.2) is 35.7 Å². The summed E-state index contributed by atoms with van der Waals surface area (Å²) in [5.74, 6) is 0.0180. The number of thiophene rings is 1. The summed E-state index contributed by atoms with van der Waals surface area (Å²) < 4.78 is 0. The topological polar surface area (TPSA) is 29.1 Å². The number of carbonyl (C=O) groups excluding carboxylic acids is 1. The standard InChI is InChI=1S/C15H14ClNOS/c16-14(13-4-2-8-19-13)11-6-5-10-3-1-7-17-15(18)12(10)9-11/h2,4-6,8-9,14H,1,3,7H2,(H,17,18). The summed E-state index contributed by atoms with van der Waals surface area (Å²) in [5.41, 5.74) is 2.88. The lowest BCUT2D eigenvalue weighted by Crippen LogP contribution is -2.22. The van der Waals surface area contributed by atoms with Crippen LogP contribution in [0.1, 0.15) is 38.2 Å². The van der Waals surface area contributed by atoms with Gasteiger partial charge in [0.1, 0.15) is 0 Å². The van der Waals surface area contributed by atoms with Crippen LogP contribution in [0.5, 0.6) is 0 Å². The van der Waals surface area contributed by atoms with E-state index < -0.39 is 0 Å². The average molecular weight is 292 g/mol. The van der Waals surface area contributed by atoms with E-state index in [-0.39, 0.29) is 11.3 Å². The number of benzene rings is 1. The number of alkyl halides is 1. The van der Waals surface area contributed by atoms with Gasteiger partial charge in [-0.05, 0) is 41.5 Å². The molecule has 1 N–H and O–H groups in total. The van der Waals surface area contributed by atoms with Crippen LogP contribution in [0.25, 0.3) is 0 Å². The molecule has 0 saturated carbocycles. The molecule has 0 saturated heterocycles. The molecule has 0 bridgehead atoms. The third-order valence-electron chi connectivity index (χ3n) is 3.37. The van der Waals surface area contributed by atoms with Gasteiger partial charge >= 0.3 is 0 Å². The zero-order chi connectivity index (χ0) is 13.2. The third-order valence-corrected chi connectivity index (χ3v) is 4.93. The number of halogens is 1. The molecule has 1 aliphatic rings. The fraction of sp³-hybridized carbons (Fsp3) is 0.267. The number of rotatable bonds is 2. The largest absolute Gasteiger partial charge is 0.352 e. The summed E-state index contributed by atoms with van der Waals surface area (Å²) in [6, 6.07) is 10.0. The van der Waals surface area contributed by atoms with Gasteiger partial charge in [-0.1, -0.05) is 18.2 Å². The molecule has 1 amide bonds. The lowest BCUT2D eigenvalue weighted by molar-refractivity contribution is 0.0956. The van der Waals surface area contributed by atoms with Crippen LogP contribution in [-0.4, -0.2) is 12.5 Å². The van der Waals surface area contributed by atoms with Gasteiger partial charge in [0.25, 0.3) is 5.91 Å². The van der Waals surface area contributed by atoms with Crippen LogP contribution >= 0.6 is 22.9 Å². The van der Waals surface area contributed by atoms with Crippen molar-refractivity contribution in [3.05, 3.63) is 57.3 Å². The van der Waals surface area contributed by atoms with Crippen LogP contribution in [-0.2, 0) is 6.42 Å². The van der Waals surface area contributed by atoms with E-state index in [9.17, 15) is 4.79 Å². The average Bonchev–Trinajstić information content (AvgIpc) is 2.90. The zero-order valence-electron chi connectivity index (χ0n) is 10.4. The number of aryl methyl sites for hydroxylation is 1. The predicted octanol–water partition coefficient (Wildman–Crippen LogP) is 3.75. The van der Waals surface area contributed by atoms with Crippen LogP contribution in [0, 0.1) is 0 Å². The van der Waals surface area contributed by atoms with E-state index in [4.69, 9.17) is 11.6 Å². The summed E-state index contributed by atoms with van der Waals surface area (Å²) >= 11 is 8.12. The van der Waals surface area contributed by atoms with E-state index in [2.05, 4.69) is 5.32 Å². The molecule has 1 aromatic carbocycles. The normalized spacial score (nSPS) is 16.4. The first-order chi connectivity index (χ1) is 9.25. The predicted molar refractivity (Wildman–Crippen MR) is 79.1 cm³/mol. The number of carbonyl (C=O) groups is 1. The van der Waals surface area contributed by atoms with Crippen molar-refractivity contribution in [1.29, 1.82) is 0 Å². The lowest BCUT2D eigenvalue weighted by Gasteiger charge is -2.11. The molecule has 0 spiro atoms. The number of fused-ring (bicyclic) bond motifs is 1. The Hall–Kier alpha value is -1.32. The van der Waals surface area contributed by atoms with Crippen molar-refractivity contribution in [1.82, 2.24) is 5.32 Å². The molecule has 1 aromatic heterocycles. The first-order valence-corrected chi connectivity index (χ1v) is 7.66. The molecule has 1 atom stereocenters. The van der Waals surface area contributed by atoms with E-state index in [1.165, 1.54) is 0 Å². The highest BCUT2D eigenvalue weighted by Gasteiger charge is 2.18. The van der Waals surface area contributed by atoms with E-state index in [0.29, 0.717) is 0 Å². The first kappa shape index (κ1) is 12.7. The molecule has 98 valence electrons. The minimum absolute atomic E-state index is 0.0180. The van der Waals surface area contributed by atoms with E-state index in [1.54, 1.807) is 11.3 Å². The molecule has 1 aliphatic heterocycles. The number of hydrogen-bond acceptors (Lipinski definition) is 2. The van der Waals surface area contributed by atoms with Gasteiger partial charge in [-0.25, -0.2) is 0 Å². The maximum atomic E-state index is 12.0. The fourth-order valence-corrected chi connectivity index (χ4v) is 3.45. The van der Waals surface area contributed by atoms with Gasteiger partial charge < -0.3 is 5.32 Å². The van der Waals surface area contributed by atoms with Crippen LogP contribution in [0.2, 0.25) is 0 Å². The highest BCUT2D eigenvalue weighted by molar-refractivity contribution is 7.10. The molecule has 0 radical (unpaired) electrons. The maximum Gasteiger partial charge on any atom is 0.251 e. The van der Waals surface area contributed by atoms with Crippen molar-refractivity contribution in [3.63, 3.8) is 0 Å². The molecule has 0 aliphatic carbocycles. The second-order valence-electron chi connectivity index (χ2n) is 4.65. The van der Waals surface area contributed by atoms with Crippen molar-refractivity contribution < 1.29 is 4.79 Å². The molecule has 4 heteroatoms. The smallest absolute Gasteiger partial charge is 0.251 e. The Balaban J connectivity index is 1.98. The SMILES string of the molecule is O=C1NCCCc2ccc(C(Cl)c3cccs3)cc21. The Morgan fingerprint density at radius 1 is 1.32 bits per heavy atom. The Morgan fingerprint density at radius 2 is 2.21 bits per heavy atom. The van der Waals surface area contributed by atoms with Gasteiger partial charge in [0, 0.05) is 17.0 Å². The summed E-state index contributed by atoms with van der Waals surface area (Å²) in [5, 5.41) is 4.76. The molecule has 3 rings (SSSR count). The van der Waals surface area contributed by atoms with Crippen molar-refractivity contribution >= 4 is 28.8 Å². The summed E-state index contributed by atoms with van der Waals surface area (Å²) in [6.45, 7) is 0.748. The van der Waals surface area contributed by atoms with Crippen molar-refractivity contribution in [2.24, 2.45) is 0 Å². The van der Waals surface area contributed by atoms with Gasteiger partial charge in [-0.15, -0.1) is 22.9 Å². The van der Waals surface area contributed by atoms with Gasteiger partial charge in [0.2, 0.25) is 0 Å².